The van der Waals surface area contributed by atoms with E-state index in [1.54, 1.807) is 19.2 Å². The number of benzene rings is 2. The zero-order chi connectivity index (χ0) is 24.4. The Morgan fingerprint density at radius 2 is 1.29 bits per heavy atom. The molecule has 0 fully saturated rings. The molecule has 0 aromatic heterocycles. The molecule has 8 heteroatoms. The summed E-state index contributed by atoms with van der Waals surface area (Å²) in [6.07, 6.45) is 1.90. The van der Waals surface area contributed by atoms with Gasteiger partial charge in [-0.25, -0.2) is 0 Å². The maximum Gasteiger partial charge on any atom is 1.00 e. The van der Waals surface area contributed by atoms with Gasteiger partial charge < -0.3 is 23.7 Å². The van der Waals surface area contributed by atoms with Crippen LogP contribution >= 0.6 is 8.58 Å². The van der Waals surface area contributed by atoms with Gasteiger partial charge in [0, 0.05) is 23.5 Å². The van der Waals surface area contributed by atoms with Gasteiger partial charge >= 0.3 is 18.9 Å². The van der Waals surface area contributed by atoms with Crippen molar-refractivity contribution in [1.82, 2.24) is 0 Å². The van der Waals surface area contributed by atoms with Crippen molar-refractivity contribution in [3.63, 3.8) is 0 Å². The van der Waals surface area contributed by atoms with Crippen molar-refractivity contribution in [3.05, 3.63) is 35.9 Å². The number of methoxy groups -OCH3 is 3. The second-order valence-electron chi connectivity index (χ2n) is 8.58. The van der Waals surface area contributed by atoms with E-state index >= 15 is 0 Å². The molecule has 182 valence electrons. The molecule has 0 spiro atoms. The average Bonchev–Trinajstić information content (AvgIpc) is 2.78. The summed E-state index contributed by atoms with van der Waals surface area (Å²) in [6, 6.07) is 9.07. The molecule has 1 atom stereocenters. The van der Waals surface area contributed by atoms with Crippen LogP contribution in [0, 0.1) is 11.8 Å². The van der Waals surface area contributed by atoms with Crippen molar-refractivity contribution in [2.24, 2.45) is 11.8 Å². The zero-order valence-electron chi connectivity index (χ0n) is 21.8. The van der Waals surface area contributed by atoms with Crippen LogP contribution in [0.5, 0.6) is 28.7 Å². The minimum absolute atomic E-state index is 0. The first-order chi connectivity index (χ1) is 15.8. The van der Waals surface area contributed by atoms with Gasteiger partial charge in [-0.1, -0.05) is 27.7 Å². The normalized spacial score (nSPS) is 11.0. The standard InChI is InChI=1S/C26H37O6P.Li/c1-17(2)10-12-31-19-8-9-24(21(14-19)32-13-11-18(3)4)33-26(27)25-22(29-6)15-20(28-5)16-23(25)30-7;/h8-9,14-18,33H,10-13H2,1-7H3;/q;+1. The van der Waals surface area contributed by atoms with Crippen LogP contribution in [0.15, 0.2) is 30.3 Å². The smallest absolute Gasteiger partial charge is 0.496 e. The maximum atomic E-state index is 13.4. The summed E-state index contributed by atoms with van der Waals surface area (Å²) in [6.45, 7) is 9.87. The summed E-state index contributed by atoms with van der Waals surface area (Å²) < 4.78 is 28.2. The number of carbonyl (C=O) groups excluding carboxylic acids is 1. The molecule has 0 aliphatic rings. The van der Waals surface area contributed by atoms with E-state index in [1.165, 1.54) is 14.2 Å². The molecule has 2 rings (SSSR count). The minimum Gasteiger partial charge on any atom is -0.496 e. The van der Waals surface area contributed by atoms with Crippen molar-refractivity contribution in [2.45, 2.75) is 40.5 Å². The molecule has 0 saturated heterocycles. The summed E-state index contributed by atoms with van der Waals surface area (Å²) in [5.74, 6) is 3.91. The van der Waals surface area contributed by atoms with Crippen molar-refractivity contribution in [3.8, 4) is 28.7 Å². The fourth-order valence-electron chi connectivity index (χ4n) is 3.05. The Morgan fingerprint density at radius 3 is 1.79 bits per heavy atom. The number of hydrogen-bond acceptors (Lipinski definition) is 6. The molecule has 0 N–H and O–H groups in total. The molecular formula is C26H37LiO6P+. The Balaban J connectivity index is 0.00000578. The third kappa shape index (κ3) is 9.06. The molecule has 0 amide bonds. The van der Waals surface area contributed by atoms with Gasteiger partial charge in [-0.3, -0.25) is 4.79 Å². The fraction of sp³-hybridized carbons (Fsp3) is 0.500. The third-order valence-corrected chi connectivity index (χ3v) is 6.22. The predicted molar refractivity (Wildman–Crippen MR) is 135 cm³/mol. The first-order valence-electron chi connectivity index (χ1n) is 11.3. The molecule has 6 nitrogen and oxygen atoms in total. The fourth-order valence-corrected chi connectivity index (χ4v) is 4.10. The second-order valence-corrected chi connectivity index (χ2v) is 9.82. The van der Waals surface area contributed by atoms with Crippen LogP contribution in [-0.2, 0) is 0 Å². The molecule has 0 bridgehead atoms. The maximum absolute atomic E-state index is 13.4. The molecule has 0 saturated carbocycles. The van der Waals surface area contributed by atoms with Gasteiger partial charge in [-0.15, -0.1) is 0 Å². The summed E-state index contributed by atoms with van der Waals surface area (Å²) in [7, 11) is 4.44. The number of hydrogen-bond donors (Lipinski definition) is 0. The largest absolute Gasteiger partial charge is 1.00 e. The van der Waals surface area contributed by atoms with Crippen molar-refractivity contribution in [1.29, 1.82) is 0 Å². The van der Waals surface area contributed by atoms with Crippen molar-refractivity contribution in [2.75, 3.05) is 34.5 Å². The van der Waals surface area contributed by atoms with E-state index in [0.717, 1.165) is 23.9 Å². The molecule has 1 unspecified atom stereocenters. The quantitative estimate of drug-likeness (QED) is 0.304. The van der Waals surface area contributed by atoms with Crippen LogP contribution in [0.3, 0.4) is 0 Å². The molecule has 2 aromatic carbocycles. The number of rotatable bonds is 14. The summed E-state index contributed by atoms with van der Waals surface area (Å²) in [5, 5.41) is 0.819. The van der Waals surface area contributed by atoms with Crippen LogP contribution < -0.4 is 47.8 Å². The van der Waals surface area contributed by atoms with E-state index in [1.807, 2.05) is 18.2 Å². The Bertz CT molecular complexity index is 891. The number of carbonyl (C=O) groups is 1. The molecular weight excluding hydrogens is 446 g/mol. The van der Waals surface area contributed by atoms with Crippen LogP contribution in [0.25, 0.3) is 0 Å². The van der Waals surface area contributed by atoms with Crippen LogP contribution in [0.1, 0.15) is 50.9 Å². The van der Waals surface area contributed by atoms with Gasteiger partial charge in [0.1, 0.15) is 34.3 Å². The first kappa shape index (κ1) is 30.2. The summed E-state index contributed by atoms with van der Waals surface area (Å²) in [4.78, 5) is 13.4. The average molecular weight is 483 g/mol. The first-order valence-corrected chi connectivity index (χ1v) is 12.3. The van der Waals surface area contributed by atoms with Gasteiger partial charge in [0.05, 0.1) is 34.5 Å². The van der Waals surface area contributed by atoms with E-state index in [-0.39, 0.29) is 33.0 Å². The molecule has 2 aromatic rings. The number of ether oxygens (including phenoxy) is 5. The van der Waals surface area contributed by atoms with E-state index < -0.39 is 0 Å². The Hall–Kier alpha value is -1.86. The summed E-state index contributed by atoms with van der Waals surface area (Å²) in [5.41, 5.74) is 0.290. The Labute approximate surface area is 218 Å². The molecule has 0 heterocycles. The van der Waals surface area contributed by atoms with Gasteiger partial charge in [-0.05, 0) is 45.4 Å². The van der Waals surface area contributed by atoms with Crippen molar-refractivity contribution >= 4 is 19.4 Å². The van der Waals surface area contributed by atoms with Gasteiger partial charge in [0.15, 0.2) is 5.52 Å². The topological polar surface area (TPSA) is 63.2 Å². The monoisotopic (exact) mass is 483 g/mol. The molecule has 0 radical (unpaired) electrons. The Kier molecular flexibility index (Phi) is 13.5. The zero-order valence-corrected chi connectivity index (χ0v) is 22.8. The third-order valence-electron chi connectivity index (χ3n) is 5.06. The molecule has 34 heavy (non-hydrogen) atoms. The van der Waals surface area contributed by atoms with E-state index in [2.05, 4.69) is 27.7 Å². The van der Waals surface area contributed by atoms with E-state index in [9.17, 15) is 4.79 Å². The van der Waals surface area contributed by atoms with Crippen LogP contribution in [0.4, 0.5) is 0 Å². The van der Waals surface area contributed by atoms with E-state index in [4.69, 9.17) is 23.7 Å². The predicted octanol–water partition coefficient (Wildman–Crippen LogP) is 2.71. The Morgan fingerprint density at radius 1 is 0.765 bits per heavy atom. The molecule has 0 aliphatic heterocycles. The van der Waals surface area contributed by atoms with Crippen LogP contribution in [0.2, 0.25) is 0 Å². The van der Waals surface area contributed by atoms with Crippen LogP contribution in [-0.4, -0.2) is 40.1 Å². The summed E-state index contributed by atoms with van der Waals surface area (Å²) >= 11 is 0. The minimum atomic E-state index is -0.169. The van der Waals surface area contributed by atoms with Gasteiger partial charge in [0.2, 0.25) is 0 Å². The van der Waals surface area contributed by atoms with Gasteiger partial charge in [-0.2, -0.15) is 0 Å². The van der Waals surface area contributed by atoms with E-state index in [0.29, 0.717) is 53.6 Å². The molecule has 0 aliphatic carbocycles. The van der Waals surface area contributed by atoms with Gasteiger partial charge in [0.25, 0.3) is 0 Å². The second kappa shape index (κ2) is 15.2. The SMILES string of the molecule is COc1cc(OC)c(C(=O)Pc2ccc(OCCC(C)C)cc2OCCC(C)C)c(OC)c1.[Li+]. The van der Waals surface area contributed by atoms with Crippen molar-refractivity contribution < 1.29 is 47.3 Å².